The van der Waals surface area contributed by atoms with E-state index in [4.69, 9.17) is 4.74 Å². The van der Waals surface area contributed by atoms with Crippen LogP contribution >= 0.6 is 0 Å². The van der Waals surface area contributed by atoms with Crippen LogP contribution in [0.25, 0.3) is 0 Å². The summed E-state index contributed by atoms with van der Waals surface area (Å²) in [6, 6.07) is 3.13. The second-order valence-electron chi connectivity index (χ2n) is 3.43. The summed E-state index contributed by atoms with van der Waals surface area (Å²) in [7, 11) is 1.47. The molecule has 1 aromatic carbocycles. The molecule has 0 aliphatic rings. The maximum Gasteiger partial charge on any atom is 0.153 e. The number of hydrogen-bond acceptors (Lipinski definition) is 3. The number of benzene rings is 1. The molecule has 1 rings (SSSR count). The predicted molar refractivity (Wildman–Crippen MR) is 54.1 cm³/mol. The van der Waals surface area contributed by atoms with Crippen molar-refractivity contribution in [1.29, 1.82) is 0 Å². The number of hydrogen-bond donors (Lipinski definition) is 1. The first-order valence-corrected chi connectivity index (χ1v) is 4.46. The van der Waals surface area contributed by atoms with Gasteiger partial charge in [0.2, 0.25) is 0 Å². The van der Waals surface area contributed by atoms with Crippen LogP contribution in [-0.4, -0.2) is 18.5 Å². The molecule has 0 aliphatic heterocycles. The Balaban J connectivity index is 3.30. The molecule has 76 valence electrons. The molecule has 0 aliphatic carbocycles. The Morgan fingerprint density at radius 1 is 1.43 bits per heavy atom. The minimum Gasteiger partial charge on any atom is -0.508 e. The molecule has 3 heteroatoms. The lowest BCUT2D eigenvalue weighted by Gasteiger charge is -2.11. The molecule has 14 heavy (non-hydrogen) atoms. The van der Waals surface area contributed by atoms with E-state index in [0.29, 0.717) is 11.3 Å². The average molecular weight is 194 g/mol. The third-order valence-electron chi connectivity index (χ3n) is 2.13. The summed E-state index contributed by atoms with van der Waals surface area (Å²) in [6.07, 6.45) is 0.726. The summed E-state index contributed by atoms with van der Waals surface area (Å²) >= 11 is 0. The van der Waals surface area contributed by atoms with Crippen molar-refractivity contribution in [1.82, 2.24) is 0 Å². The number of phenols is 1. The van der Waals surface area contributed by atoms with Gasteiger partial charge in [-0.2, -0.15) is 0 Å². The summed E-state index contributed by atoms with van der Waals surface area (Å²) in [4.78, 5) is 10.7. The van der Waals surface area contributed by atoms with Crippen LogP contribution in [0.1, 0.15) is 35.7 Å². The van der Waals surface area contributed by atoms with Gasteiger partial charge in [-0.05, 0) is 17.5 Å². The minimum absolute atomic E-state index is 0.169. The molecule has 0 saturated carbocycles. The topological polar surface area (TPSA) is 46.5 Å². The van der Waals surface area contributed by atoms with Crippen molar-refractivity contribution in [3.8, 4) is 11.5 Å². The average Bonchev–Trinajstić information content (AvgIpc) is 2.16. The summed E-state index contributed by atoms with van der Waals surface area (Å²) in [5.74, 6) is 0.754. The highest BCUT2D eigenvalue weighted by molar-refractivity contribution is 5.80. The highest BCUT2D eigenvalue weighted by Gasteiger charge is 2.11. The Morgan fingerprint density at radius 3 is 2.50 bits per heavy atom. The fraction of sp³-hybridized carbons (Fsp3) is 0.364. The van der Waals surface area contributed by atoms with Gasteiger partial charge in [0.25, 0.3) is 0 Å². The number of rotatable bonds is 3. The maximum atomic E-state index is 10.7. The first kappa shape index (κ1) is 10.6. The van der Waals surface area contributed by atoms with E-state index in [1.54, 1.807) is 6.07 Å². The molecule has 0 atom stereocenters. The van der Waals surface area contributed by atoms with Gasteiger partial charge in [0.05, 0.1) is 12.7 Å². The Morgan fingerprint density at radius 2 is 2.07 bits per heavy atom. The highest BCUT2D eigenvalue weighted by Crippen LogP contribution is 2.31. The molecule has 0 radical (unpaired) electrons. The van der Waals surface area contributed by atoms with Crippen LogP contribution in [-0.2, 0) is 0 Å². The lowest BCUT2D eigenvalue weighted by Crippen LogP contribution is -1.95. The van der Waals surface area contributed by atoms with Gasteiger partial charge in [-0.1, -0.05) is 13.8 Å². The zero-order chi connectivity index (χ0) is 10.7. The monoisotopic (exact) mass is 194 g/mol. The van der Waals surface area contributed by atoms with E-state index in [-0.39, 0.29) is 11.7 Å². The number of methoxy groups -OCH3 is 1. The van der Waals surface area contributed by atoms with Crippen LogP contribution < -0.4 is 4.74 Å². The van der Waals surface area contributed by atoms with Crippen LogP contribution in [0.3, 0.4) is 0 Å². The summed E-state index contributed by atoms with van der Waals surface area (Å²) in [5, 5.41) is 9.62. The first-order valence-electron chi connectivity index (χ1n) is 4.46. The van der Waals surface area contributed by atoms with Crippen LogP contribution in [0, 0.1) is 0 Å². The number of aldehydes is 1. The zero-order valence-electron chi connectivity index (χ0n) is 8.57. The standard InChI is InChI=1S/C11H14O3/c1-7(2)9-4-8(6-12)11(14-3)5-10(9)13/h4-7,13H,1-3H3. The van der Waals surface area contributed by atoms with E-state index in [1.807, 2.05) is 13.8 Å². The van der Waals surface area contributed by atoms with Crippen molar-refractivity contribution in [3.63, 3.8) is 0 Å². The number of aromatic hydroxyl groups is 1. The van der Waals surface area contributed by atoms with E-state index in [9.17, 15) is 9.90 Å². The molecule has 1 N–H and O–H groups in total. The zero-order valence-corrected chi connectivity index (χ0v) is 8.57. The van der Waals surface area contributed by atoms with Gasteiger partial charge in [0.1, 0.15) is 11.5 Å². The Hall–Kier alpha value is -1.51. The van der Waals surface area contributed by atoms with E-state index in [1.165, 1.54) is 13.2 Å². The largest absolute Gasteiger partial charge is 0.508 e. The van der Waals surface area contributed by atoms with E-state index >= 15 is 0 Å². The van der Waals surface area contributed by atoms with E-state index in [0.717, 1.165) is 11.8 Å². The molecule has 0 aromatic heterocycles. The summed E-state index contributed by atoms with van der Waals surface area (Å²) in [6.45, 7) is 3.91. The predicted octanol–water partition coefficient (Wildman–Crippen LogP) is 2.34. The smallest absolute Gasteiger partial charge is 0.153 e. The van der Waals surface area contributed by atoms with Gasteiger partial charge in [-0.3, -0.25) is 4.79 Å². The van der Waals surface area contributed by atoms with E-state index in [2.05, 4.69) is 0 Å². The number of phenolic OH excluding ortho intramolecular Hbond substituents is 1. The Bertz CT molecular complexity index is 343. The number of carbonyl (C=O) groups excluding carboxylic acids is 1. The van der Waals surface area contributed by atoms with E-state index < -0.39 is 0 Å². The van der Waals surface area contributed by atoms with Gasteiger partial charge in [0.15, 0.2) is 6.29 Å². The normalized spacial score (nSPS) is 10.3. The van der Waals surface area contributed by atoms with Crippen molar-refractivity contribution in [2.75, 3.05) is 7.11 Å². The molecule has 0 heterocycles. The van der Waals surface area contributed by atoms with Crippen molar-refractivity contribution < 1.29 is 14.6 Å². The van der Waals surface area contributed by atoms with Crippen molar-refractivity contribution in [3.05, 3.63) is 23.3 Å². The van der Waals surface area contributed by atoms with Crippen LogP contribution in [0.5, 0.6) is 11.5 Å². The molecule has 0 spiro atoms. The fourth-order valence-electron chi connectivity index (χ4n) is 1.33. The van der Waals surface area contributed by atoms with Crippen molar-refractivity contribution in [2.45, 2.75) is 19.8 Å². The van der Waals surface area contributed by atoms with Gasteiger partial charge in [-0.15, -0.1) is 0 Å². The Labute approximate surface area is 83.3 Å². The summed E-state index contributed by atoms with van der Waals surface area (Å²) in [5.41, 5.74) is 1.22. The SMILES string of the molecule is COc1cc(O)c(C(C)C)cc1C=O. The second-order valence-corrected chi connectivity index (χ2v) is 3.43. The van der Waals surface area contributed by atoms with Gasteiger partial charge in [-0.25, -0.2) is 0 Å². The minimum atomic E-state index is 0.169. The number of carbonyl (C=O) groups is 1. The molecule has 1 aromatic rings. The van der Waals surface area contributed by atoms with Gasteiger partial charge < -0.3 is 9.84 Å². The highest BCUT2D eigenvalue weighted by atomic mass is 16.5. The molecule has 0 bridgehead atoms. The van der Waals surface area contributed by atoms with Gasteiger partial charge >= 0.3 is 0 Å². The molecular weight excluding hydrogens is 180 g/mol. The third kappa shape index (κ3) is 1.87. The number of ether oxygens (including phenoxy) is 1. The molecule has 0 saturated heterocycles. The van der Waals surface area contributed by atoms with Crippen LogP contribution in [0.2, 0.25) is 0 Å². The molecular formula is C11H14O3. The summed E-state index contributed by atoms with van der Waals surface area (Å²) < 4.78 is 4.96. The second kappa shape index (κ2) is 4.13. The maximum absolute atomic E-state index is 10.7. The molecule has 0 amide bonds. The Kier molecular flexibility index (Phi) is 3.12. The third-order valence-corrected chi connectivity index (χ3v) is 2.13. The molecule has 3 nitrogen and oxygen atoms in total. The van der Waals surface area contributed by atoms with Crippen LogP contribution in [0.4, 0.5) is 0 Å². The fourth-order valence-corrected chi connectivity index (χ4v) is 1.33. The molecule has 0 fully saturated rings. The van der Waals surface area contributed by atoms with Crippen molar-refractivity contribution in [2.24, 2.45) is 0 Å². The first-order chi connectivity index (χ1) is 6.60. The van der Waals surface area contributed by atoms with Crippen LogP contribution in [0.15, 0.2) is 12.1 Å². The lowest BCUT2D eigenvalue weighted by molar-refractivity contribution is 0.112. The quantitative estimate of drug-likeness (QED) is 0.751. The van der Waals surface area contributed by atoms with Gasteiger partial charge in [0, 0.05) is 6.07 Å². The lowest BCUT2D eigenvalue weighted by atomic mass is 9.99. The van der Waals surface area contributed by atoms with Crippen molar-refractivity contribution >= 4 is 6.29 Å². The molecule has 0 unspecified atom stereocenters.